The molecule has 1 fully saturated rings. The van der Waals surface area contributed by atoms with Gasteiger partial charge in [-0.25, -0.2) is 0 Å². The first-order valence-electron chi connectivity index (χ1n) is 6.12. The smallest absolute Gasteiger partial charge is 0.101 e. The highest BCUT2D eigenvalue weighted by atomic mass is 35.5. The van der Waals surface area contributed by atoms with Crippen LogP contribution in [0.2, 0.25) is 15.1 Å². The van der Waals surface area contributed by atoms with E-state index in [1.165, 1.54) is 6.42 Å². The monoisotopic (exact) mass is 312 g/mol. The molecule has 5 heteroatoms. The molecular formula is C14H11Cl3N2. The van der Waals surface area contributed by atoms with Crippen LogP contribution in [0.5, 0.6) is 0 Å². The predicted molar refractivity (Wildman–Crippen MR) is 76.7 cm³/mol. The number of hydrogen-bond donors (Lipinski definition) is 0. The maximum Gasteiger partial charge on any atom is 0.101 e. The van der Waals surface area contributed by atoms with Gasteiger partial charge in [0.2, 0.25) is 0 Å². The second kappa shape index (κ2) is 6.02. The van der Waals surface area contributed by atoms with Crippen LogP contribution in [0.15, 0.2) is 0 Å². The quantitative estimate of drug-likeness (QED) is 0.648. The highest BCUT2D eigenvalue weighted by Crippen LogP contribution is 2.44. The predicted octanol–water partition coefficient (Wildman–Crippen LogP) is 5.44. The van der Waals surface area contributed by atoms with Crippen molar-refractivity contribution in [2.45, 2.75) is 38.0 Å². The first-order valence-corrected chi connectivity index (χ1v) is 7.25. The van der Waals surface area contributed by atoms with Crippen LogP contribution in [0.25, 0.3) is 0 Å². The van der Waals surface area contributed by atoms with Crippen LogP contribution in [0.3, 0.4) is 0 Å². The van der Waals surface area contributed by atoms with Crippen molar-refractivity contribution >= 4 is 34.8 Å². The third kappa shape index (κ3) is 2.54. The zero-order chi connectivity index (χ0) is 14.0. The molecule has 98 valence electrons. The number of nitrogens with zero attached hydrogens (tertiary/aromatic N) is 2. The van der Waals surface area contributed by atoms with Gasteiger partial charge < -0.3 is 0 Å². The van der Waals surface area contributed by atoms with Crippen molar-refractivity contribution in [3.05, 3.63) is 31.8 Å². The van der Waals surface area contributed by atoms with Crippen LogP contribution < -0.4 is 0 Å². The molecule has 1 aromatic rings. The minimum absolute atomic E-state index is 0.0935. The molecule has 0 heterocycles. The average molecular weight is 314 g/mol. The summed E-state index contributed by atoms with van der Waals surface area (Å²) in [6.07, 6.45) is 5.29. The molecule has 0 atom stereocenters. The molecule has 0 aliphatic heterocycles. The van der Waals surface area contributed by atoms with E-state index in [-0.39, 0.29) is 21.0 Å². The van der Waals surface area contributed by atoms with E-state index in [0.29, 0.717) is 16.7 Å². The lowest BCUT2D eigenvalue weighted by Gasteiger charge is -2.25. The van der Waals surface area contributed by atoms with Gasteiger partial charge in [-0.2, -0.15) is 10.5 Å². The molecular weight excluding hydrogens is 303 g/mol. The Bertz CT molecular complexity index is 549. The van der Waals surface area contributed by atoms with E-state index in [1.807, 2.05) is 0 Å². The molecule has 0 radical (unpaired) electrons. The van der Waals surface area contributed by atoms with Crippen LogP contribution in [0.1, 0.15) is 54.7 Å². The summed E-state index contributed by atoms with van der Waals surface area (Å²) in [5, 5.41) is 19.1. The molecule has 0 bridgehead atoms. The summed E-state index contributed by atoms with van der Waals surface area (Å²) in [7, 11) is 0. The lowest BCUT2D eigenvalue weighted by molar-refractivity contribution is 0.442. The summed E-state index contributed by atoms with van der Waals surface area (Å²) in [5.74, 6) is 0.172. The lowest BCUT2D eigenvalue weighted by atomic mass is 9.80. The SMILES string of the molecule is N#Cc1c(Cl)c(Cl)c(Cl)c(C#N)c1C1CCCCC1. The van der Waals surface area contributed by atoms with Gasteiger partial charge >= 0.3 is 0 Å². The maximum absolute atomic E-state index is 9.32. The normalized spacial score (nSPS) is 15.8. The number of rotatable bonds is 1. The molecule has 19 heavy (non-hydrogen) atoms. The lowest BCUT2D eigenvalue weighted by Crippen LogP contribution is -2.10. The van der Waals surface area contributed by atoms with Crippen LogP contribution in [0, 0.1) is 22.7 Å². The van der Waals surface area contributed by atoms with Crippen molar-refractivity contribution < 1.29 is 0 Å². The van der Waals surface area contributed by atoms with Gasteiger partial charge in [0.25, 0.3) is 0 Å². The number of hydrogen-bond acceptors (Lipinski definition) is 2. The van der Waals surface area contributed by atoms with Crippen LogP contribution in [-0.2, 0) is 0 Å². The zero-order valence-electron chi connectivity index (χ0n) is 10.1. The Balaban J connectivity index is 2.70. The van der Waals surface area contributed by atoms with Gasteiger partial charge in [-0.15, -0.1) is 0 Å². The molecule has 2 nitrogen and oxygen atoms in total. The molecule has 1 aliphatic carbocycles. The standard InChI is InChI=1S/C14H11Cl3N2/c15-12-9(6-18)11(8-4-2-1-3-5-8)10(7-19)13(16)14(12)17/h8H,1-5H2. The van der Waals surface area contributed by atoms with Crippen molar-refractivity contribution in [3.8, 4) is 12.1 Å². The second-order valence-electron chi connectivity index (χ2n) is 4.66. The van der Waals surface area contributed by atoms with Crippen molar-refractivity contribution in [2.75, 3.05) is 0 Å². The molecule has 0 spiro atoms. The third-order valence-electron chi connectivity index (χ3n) is 3.60. The van der Waals surface area contributed by atoms with E-state index in [0.717, 1.165) is 25.7 Å². The number of halogens is 3. The molecule has 0 amide bonds. The van der Waals surface area contributed by atoms with E-state index >= 15 is 0 Å². The first kappa shape index (κ1) is 14.5. The van der Waals surface area contributed by atoms with Gasteiger partial charge in [0.15, 0.2) is 0 Å². The minimum atomic E-state index is 0.0935. The Hall–Kier alpha value is -0.930. The zero-order valence-corrected chi connectivity index (χ0v) is 12.4. The van der Waals surface area contributed by atoms with Gasteiger partial charge in [-0.3, -0.25) is 0 Å². The van der Waals surface area contributed by atoms with Crippen LogP contribution in [0.4, 0.5) is 0 Å². The summed E-state index contributed by atoms with van der Waals surface area (Å²) < 4.78 is 0. The summed E-state index contributed by atoms with van der Waals surface area (Å²) >= 11 is 18.2. The summed E-state index contributed by atoms with van der Waals surface area (Å²) in [4.78, 5) is 0. The Labute approximate surface area is 127 Å². The highest BCUT2D eigenvalue weighted by Gasteiger charge is 2.27. The number of nitriles is 2. The first-order chi connectivity index (χ1) is 9.11. The summed E-state index contributed by atoms with van der Waals surface area (Å²) in [6, 6.07) is 4.16. The number of benzene rings is 1. The van der Waals surface area contributed by atoms with E-state index in [9.17, 15) is 10.5 Å². The van der Waals surface area contributed by atoms with E-state index in [4.69, 9.17) is 34.8 Å². The van der Waals surface area contributed by atoms with Gasteiger partial charge in [0.05, 0.1) is 26.2 Å². The Morgan fingerprint density at radius 2 is 1.26 bits per heavy atom. The third-order valence-corrected chi connectivity index (χ3v) is 4.93. The van der Waals surface area contributed by atoms with Gasteiger partial charge in [0.1, 0.15) is 12.1 Å². The molecule has 0 N–H and O–H groups in total. The molecule has 0 saturated heterocycles. The molecule has 1 aromatic carbocycles. The maximum atomic E-state index is 9.32. The molecule has 2 rings (SSSR count). The van der Waals surface area contributed by atoms with Crippen LogP contribution >= 0.6 is 34.8 Å². The molecule has 0 aromatic heterocycles. The van der Waals surface area contributed by atoms with Crippen molar-refractivity contribution in [3.63, 3.8) is 0 Å². The molecule has 1 aliphatic rings. The Morgan fingerprint density at radius 1 is 0.789 bits per heavy atom. The van der Waals surface area contributed by atoms with E-state index in [2.05, 4.69) is 12.1 Å². The highest BCUT2D eigenvalue weighted by molar-refractivity contribution is 6.49. The van der Waals surface area contributed by atoms with Gasteiger partial charge in [-0.1, -0.05) is 54.1 Å². The molecule has 1 saturated carbocycles. The summed E-state index contributed by atoms with van der Waals surface area (Å²) in [5.41, 5.74) is 1.29. The largest absolute Gasteiger partial charge is 0.192 e. The average Bonchev–Trinajstić information content (AvgIpc) is 2.45. The van der Waals surface area contributed by atoms with Crippen molar-refractivity contribution in [1.29, 1.82) is 10.5 Å². The fourth-order valence-electron chi connectivity index (χ4n) is 2.70. The fourth-order valence-corrected chi connectivity index (χ4v) is 3.41. The Morgan fingerprint density at radius 3 is 1.68 bits per heavy atom. The van der Waals surface area contributed by atoms with Gasteiger partial charge in [0, 0.05) is 0 Å². The van der Waals surface area contributed by atoms with Crippen LogP contribution in [-0.4, -0.2) is 0 Å². The fraction of sp³-hybridized carbons (Fsp3) is 0.429. The second-order valence-corrected chi connectivity index (χ2v) is 5.80. The van der Waals surface area contributed by atoms with Crippen molar-refractivity contribution in [1.82, 2.24) is 0 Å². The summed E-state index contributed by atoms with van der Waals surface area (Å²) in [6.45, 7) is 0. The minimum Gasteiger partial charge on any atom is -0.192 e. The van der Waals surface area contributed by atoms with Gasteiger partial charge in [-0.05, 0) is 24.3 Å². The van der Waals surface area contributed by atoms with E-state index < -0.39 is 0 Å². The Kier molecular flexibility index (Phi) is 4.58. The molecule has 0 unspecified atom stereocenters. The van der Waals surface area contributed by atoms with E-state index in [1.54, 1.807) is 0 Å². The topological polar surface area (TPSA) is 47.6 Å². The van der Waals surface area contributed by atoms with Crippen molar-refractivity contribution in [2.24, 2.45) is 0 Å².